The highest BCUT2D eigenvalue weighted by atomic mass is 32.2. The summed E-state index contributed by atoms with van der Waals surface area (Å²) in [5.74, 6) is 1.78. The predicted molar refractivity (Wildman–Crippen MR) is 172 cm³/mol. The lowest BCUT2D eigenvalue weighted by Crippen LogP contribution is -2.29. The Kier molecular flexibility index (Phi) is 7.54. The van der Waals surface area contributed by atoms with Crippen LogP contribution in [0.25, 0.3) is 0 Å². The Labute approximate surface area is 246 Å². The summed E-state index contributed by atoms with van der Waals surface area (Å²) in [6, 6.07) is 27.7. The van der Waals surface area contributed by atoms with Crippen LogP contribution in [-0.4, -0.2) is 42.4 Å². The van der Waals surface area contributed by atoms with Gasteiger partial charge in [0, 0.05) is 72.6 Å². The lowest BCUT2D eigenvalue weighted by Gasteiger charge is -2.38. The van der Waals surface area contributed by atoms with E-state index in [1.54, 1.807) is 24.2 Å². The average molecular weight is 562 g/mol. The van der Waals surface area contributed by atoms with Crippen molar-refractivity contribution in [1.82, 2.24) is 4.98 Å². The third kappa shape index (κ3) is 4.68. The van der Waals surface area contributed by atoms with E-state index in [1.165, 1.54) is 5.56 Å². The van der Waals surface area contributed by atoms with E-state index in [4.69, 9.17) is 9.84 Å². The van der Waals surface area contributed by atoms with Gasteiger partial charge < -0.3 is 14.5 Å². The standard InChI is InChI=1S/C34H35N5OS/c1-5-38(6-2)25-16-18-29-31(21-25)40-32-22-26(39(7-3)8-4)17-19-30(32)34(29)28-15-10-9-14-27(28)33(41-34)37-36-23-24-13-11-12-20-35-24/h9-23H,5-8H2,1-4H3/b36-23+,37-33-. The Balaban J connectivity index is 1.54. The second-order valence-corrected chi connectivity index (χ2v) is 11.2. The highest BCUT2D eigenvalue weighted by Crippen LogP contribution is 2.63. The number of rotatable bonds is 8. The molecule has 3 aromatic carbocycles. The largest absolute Gasteiger partial charge is 0.456 e. The molecule has 0 fully saturated rings. The van der Waals surface area contributed by atoms with Gasteiger partial charge in [0.15, 0.2) is 0 Å². The lowest BCUT2D eigenvalue weighted by molar-refractivity contribution is 0.448. The second-order valence-electron chi connectivity index (χ2n) is 10.0. The third-order valence-corrected chi connectivity index (χ3v) is 9.44. The number of fused-ring (bicyclic) bond motifs is 6. The van der Waals surface area contributed by atoms with E-state index >= 15 is 0 Å². The van der Waals surface area contributed by atoms with Gasteiger partial charge >= 0.3 is 0 Å². The van der Waals surface area contributed by atoms with Crippen LogP contribution in [0.1, 0.15) is 55.6 Å². The van der Waals surface area contributed by atoms with Gasteiger partial charge in [0.25, 0.3) is 0 Å². The van der Waals surface area contributed by atoms with Crippen LogP contribution in [0.2, 0.25) is 0 Å². The topological polar surface area (TPSA) is 53.3 Å². The number of hydrogen-bond acceptors (Lipinski definition) is 7. The number of ether oxygens (including phenoxy) is 1. The smallest absolute Gasteiger partial charge is 0.134 e. The molecule has 6 rings (SSSR count). The van der Waals surface area contributed by atoms with E-state index in [0.29, 0.717) is 0 Å². The van der Waals surface area contributed by atoms with E-state index < -0.39 is 4.75 Å². The van der Waals surface area contributed by atoms with Crippen molar-refractivity contribution in [3.8, 4) is 11.5 Å². The zero-order valence-corrected chi connectivity index (χ0v) is 24.9. The molecular weight excluding hydrogens is 526 g/mol. The quantitative estimate of drug-likeness (QED) is 0.163. The van der Waals surface area contributed by atoms with Crippen molar-refractivity contribution < 1.29 is 4.74 Å². The van der Waals surface area contributed by atoms with Gasteiger partial charge in [0.2, 0.25) is 0 Å². The number of aromatic nitrogens is 1. The molecule has 0 unspecified atom stereocenters. The van der Waals surface area contributed by atoms with E-state index in [9.17, 15) is 0 Å². The normalized spacial score (nSPS) is 15.5. The van der Waals surface area contributed by atoms with Crippen molar-refractivity contribution in [2.24, 2.45) is 10.2 Å². The first-order valence-corrected chi connectivity index (χ1v) is 15.2. The van der Waals surface area contributed by atoms with Gasteiger partial charge in [-0.2, -0.15) is 5.10 Å². The fourth-order valence-electron chi connectivity index (χ4n) is 5.91. The summed E-state index contributed by atoms with van der Waals surface area (Å²) < 4.78 is 6.26. The fourth-order valence-corrected chi connectivity index (χ4v) is 7.42. The van der Waals surface area contributed by atoms with E-state index in [1.807, 2.05) is 18.2 Å². The number of hydrogen-bond donors (Lipinski definition) is 0. The van der Waals surface area contributed by atoms with Crippen molar-refractivity contribution in [3.63, 3.8) is 0 Å². The van der Waals surface area contributed by atoms with Crippen LogP contribution in [0.4, 0.5) is 11.4 Å². The van der Waals surface area contributed by atoms with Gasteiger partial charge in [-0.05, 0) is 57.5 Å². The number of thioether (sulfide) groups is 1. The molecule has 0 aliphatic carbocycles. The first-order chi connectivity index (χ1) is 20.1. The van der Waals surface area contributed by atoms with Crippen molar-refractivity contribution in [2.75, 3.05) is 36.0 Å². The highest BCUT2D eigenvalue weighted by molar-refractivity contribution is 8.16. The van der Waals surface area contributed by atoms with Gasteiger partial charge in [0.1, 0.15) is 21.3 Å². The summed E-state index contributed by atoms with van der Waals surface area (Å²) in [7, 11) is 0. The van der Waals surface area contributed by atoms with Crippen LogP contribution in [0.3, 0.4) is 0 Å². The first-order valence-electron chi connectivity index (χ1n) is 14.4. The molecule has 3 heterocycles. The maximum absolute atomic E-state index is 6.77. The Hall–Kier alpha value is -4.10. The first kappa shape index (κ1) is 27.1. The van der Waals surface area contributed by atoms with Gasteiger partial charge in [-0.3, -0.25) is 4.98 Å². The van der Waals surface area contributed by atoms with E-state index in [0.717, 1.165) is 76.5 Å². The van der Waals surface area contributed by atoms with Crippen LogP contribution in [0, 0.1) is 0 Å². The molecule has 6 nitrogen and oxygen atoms in total. The van der Waals surface area contributed by atoms with Crippen molar-refractivity contribution in [2.45, 2.75) is 32.4 Å². The van der Waals surface area contributed by atoms with Crippen molar-refractivity contribution in [1.29, 1.82) is 0 Å². The van der Waals surface area contributed by atoms with Crippen molar-refractivity contribution in [3.05, 3.63) is 113 Å². The Morgan fingerprint density at radius 3 is 1.95 bits per heavy atom. The lowest BCUT2D eigenvalue weighted by atomic mass is 9.80. The molecule has 1 spiro atoms. The summed E-state index contributed by atoms with van der Waals surface area (Å²) in [6.45, 7) is 12.5. The molecule has 4 aromatic rings. The predicted octanol–water partition coefficient (Wildman–Crippen LogP) is 7.70. The molecule has 0 saturated heterocycles. The number of anilines is 2. The van der Waals surface area contributed by atoms with Gasteiger partial charge in [0.05, 0.1) is 11.9 Å². The van der Waals surface area contributed by atoms with Crippen LogP contribution < -0.4 is 14.5 Å². The van der Waals surface area contributed by atoms with Crippen LogP contribution in [-0.2, 0) is 4.75 Å². The molecule has 7 heteroatoms. The second kappa shape index (κ2) is 11.4. The van der Waals surface area contributed by atoms with Crippen molar-refractivity contribution >= 4 is 34.4 Å². The third-order valence-electron chi connectivity index (χ3n) is 7.98. The SMILES string of the molecule is CCN(CC)c1ccc2c(c1)Oc1cc(N(CC)CC)ccc1C21S/C(=N\N=C\c2ccccn2)c2ccccc21. The molecule has 2 aliphatic heterocycles. The molecule has 0 saturated carbocycles. The molecule has 0 atom stereocenters. The van der Waals surface area contributed by atoms with Gasteiger partial charge in [-0.15, -0.1) is 5.10 Å². The van der Waals surface area contributed by atoms with E-state index in [-0.39, 0.29) is 0 Å². The Morgan fingerprint density at radius 2 is 1.37 bits per heavy atom. The minimum atomic E-state index is -0.511. The van der Waals surface area contributed by atoms with E-state index in [2.05, 4.69) is 108 Å². The monoisotopic (exact) mass is 561 g/mol. The fraction of sp³-hybridized carbons (Fsp3) is 0.265. The molecule has 0 radical (unpaired) electrons. The summed E-state index contributed by atoms with van der Waals surface area (Å²) in [5.41, 5.74) is 7.66. The molecule has 208 valence electrons. The van der Waals surface area contributed by atoms with Crippen LogP contribution in [0.15, 0.2) is 95.3 Å². The molecular formula is C34H35N5OS. The Morgan fingerprint density at radius 1 is 0.756 bits per heavy atom. The number of nitrogens with zero attached hydrogens (tertiary/aromatic N) is 5. The van der Waals surface area contributed by atoms with Crippen LogP contribution in [0.5, 0.6) is 11.5 Å². The number of pyridine rings is 1. The van der Waals surface area contributed by atoms with Gasteiger partial charge in [-0.25, -0.2) is 0 Å². The average Bonchev–Trinajstić information content (AvgIpc) is 3.33. The Bertz CT molecular complexity index is 1550. The summed E-state index contributed by atoms with van der Waals surface area (Å²) >= 11 is 1.74. The zero-order chi connectivity index (χ0) is 28.4. The van der Waals surface area contributed by atoms with Crippen LogP contribution >= 0.6 is 11.8 Å². The summed E-state index contributed by atoms with van der Waals surface area (Å²) in [6.07, 6.45) is 3.47. The molecule has 2 aliphatic rings. The minimum absolute atomic E-state index is 0.511. The maximum atomic E-state index is 6.77. The molecule has 0 bridgehead atoms. The van der Waals surface area contributed by atoms with Gasteiger partial charge in [-0.1, -0.05) is 54.2 Å². The zero-order valence-electron chi connectivity index (χ0n) is 24.0. The molecule has 0 amide bonds. The molecule has 41 heavy (non-hydrogen) atoms. The highest BCUT2D eigenvalue weighted by Gasteiger charge is 2.51. The minimum Gasteiger partial charge on any atom is -0.456 e. The summed E-state index contributed by atoms with van der Waals surface area (Å²) in [5, 5.41) is 10.1. The number of benzene rings is 3. The maximum Gasteiger partial charge on any atom is 0.134 e. The molecule has 1 aromatic heterocycles. The molecule has 0 N–H and O–H groups in total. The summed E-state index contributed by atoms with van der Waals surface area (Å²) in [4.78, 5) is 9.06.